The van der Waals surface area contributed by atoms with Crippen molar-refractivity contribution in [2.75, 3.05) is 25.5 Å². The van der Waals surface area contributed by atoms with Crippen LogP contribution in [0.15, 0.2) is 85.1 Å². The average Bonchev–Trinajstić information content (AvgIpc) is 3.22. The normalized spacial score (nSPS) is 12.2. The van der Waals surface area contributed by atoms with Crippen molar-refractivity contribution in [1.82, 2.24) is 10.3 Å². The van der Waals surface area contributed by atoms with Crippen LogP contribution in [0.2, 0.25) is 0 Å². The number of aromatic nitrogens is 1. The smallest absolute Gasteiger partial charge is 0.244 e. The lowest BCUT2D eigenvalue weighted by molar-refractivity contribution is -0.116. The highest BCUT2D eigenvalue weighted by molar-refractivity contribution is 5.92. The molecule has 0 fully saturated rings. The number of benzene rings is 3. The van der Waals surface area contributed by atoms with Gasteiger partial charge in [-0.1, -0.05) is 42.5 Å². The minimum absolute atomic E-state index is 0.0196. The Morgan fingerprint density at radius 3 is 2.59 bits per heavy atom. The number of hydrogen-bond donors (Lipinski definition) is 2. The minimum atomic E-state index is -0.326. The van der Waals surface area contributed by atoms with Crippen LogP contribution in [-0.2, 0) is 4.79 Å². The fourth-order valence-corrected chi connectivity index (χ4v) is 3.84. The molecule has 0 aliphatic rings. The van der Waals surface area contributed by atoms with E-state index >= 15 is 0 Å². The fraction of sp³-hybridized carbons (Fsp3) is 0.148. The lowest BCUT2D eigenvalue weighted by Gasteiger charge is -2.19. The molecule has 2 N–H and O–H groups in total. The Morgan fingerprint density at radius 2 is 1.84 bits per heavy atom. The lowest BCUT2D eigenvalue weighted by Crippen LogP contribution is -2.27. The van der Waals surface area contributed by atoms with Crippen molar-refractivity contribution in [2.24, 2.45) is 0 Å². The number of halogens is 1. The van der Waals surface area contributed by atoms with E-state index in [0.29, 0.717) is 12.1 Å². The van der Waals surface area contributed by atoms with E-state index in [1.807, 2.05) is 38.5 Å². The van der Waals surface area contributed by atoms with Crippen LogP contribution in [0.5, 0.6) is 0 Å². The van der Waals surface area contributed by atoms with E-state index in [0.717, 1.165) is 27.7 Å². The zero-order valence-corrected chi connectivity index (χ0v) is 18.2. The molecule has 32 heavy (non-hydrogen) atoms. The summed E-state index contributed by atoms with van der Waals surface area (Å²) in [6.45, 7) is 0.440. The zero-order valence-electron chi connectivity index (χ0n) is 18.2. The van der Waals surface area contributed by atoms with Crippen LogP contribution in [0.25, 0.3) is 17.0 Å². The van der Waals surface area contributed by atoms with Crippen molar-refractivity contribution in [2.45, 2.75) is 5.92 Å². The minimum Gasteiger partial charge on any atom is -0.378 e. The molecule has 0 saturated heterocycles. The van der Waals surface area contributed by atoms with Crippen molar-refractivity contribution in [3.63, 3.8) is 0 Å². The predicted octanol–water partition coefficient (Wildman–Crippen LogP) is 5.33. The van der Waals surface area contributed by atoms with Crippen molar-refractivity contribution in [1.29, 1.82) is 0 Å². The average molecular weight is 428 g/mol. The van der Waals surface area contributed by atoms with Crippen molar-refractivity contribution in [3.8, 4) is 0 Å². The Hall–Kier alpha value is -3.86. The molecule has 4 rings (SSSR count). The number of carbonyl (C=O) groups excluding carboxylic acids is 1. The number of hydrogen-bond acceptors (Lipinski definition) is 2. The first-order valence-corrected chi connectivity index (χ1v) is 10.6. The summed E-state index contributed by atoms with van der Waals surface area (Å²) in [7, 11) is 4.02. The van der Waals surface area contributed by atoms with Crippen molar-refractivity contribution >= 4 is 28.6 Å². The number of nitrogens with zero attached hydrogens (tertiary/aromatic N) is 1. The molecule has 162 valence electrons. The Morgan fingerprint density at radius 1 is 1.06 bits per heavy atom. The molecule has 0 unspecified atom stereocenters. The highest BCUT2D eigenvalue weighted by atomic mass is 19.1. The molecule has 0 saturated carbocycles. The highest BCUT2D eigenvalue weighted by Crippen LogP contribution is 2.31. The van der Waals surface area contributed by atoms with E-state index < -0.39 is 0 Å². The van der Waals surface area contributed by atoms with Gasteiger partial charge in [-0.2, -0.15) is 0 Å². The van der Waals surface area contributed by atoms with Gasteiger partial charge in [0.05, 0.1) is 0 Å². The molecule has 1 amide bonds. The third-order valence-corrected chi connectivity index (χ3v) is 5.56. The number of fused-ring (bicyclic) bond motifs is 1. The number of amides is 1. The first kappa shape index (κ1) is 21.4. The molecule has 1 heterocycles. The number of rotatable bonds is 7. The maximum atomic E-state index is 13.4. The van der Waals surface area contributed by atoms with Crippen molar-refractivity contribution < 1.29 is 9.18 Å². The van der Waals surface area contributed by atoms with E-state index in [9.17, 15) is 9.18 Å². The first-order chi connectivity index (χ1) is 15.5. The zero-order chi connectivity index (χ0) is 22.5. The second-order valence-corrected chi connectivity index (χ2v) is 7.96. The van der Waals surface area contributed by atoms with Gasteiger partial charge in [0, 0.05) is 55.4 Å². The van der Waals surface area contributed by atoms with Gasteiger partial charge in [0.1, 0.15) is 5.82 Å². The Bertz CT molecular complexity index is 1240. The summed E-state index contributed by atoms with van der Waals surface area (Å²) in [5, 5.41) is 4.15. The van der Waals surface area contributed by atoms with Gasteiger partial charge < -0.3 is 15.2 Å². The topological polar surface area (TPSA) is 48.1 Å². The first-order valence-electron chi connectivity index (χ1n) is 10.6. The number of H-pyrrole nitrogens is 1. The Balaban J connectivity index is 1.57. The number of para-hydroxylation sites is 1. The molecule has 0 aliphatic heterocycles. The molecule has 0 aliphatic carbocycles. The third kappa shape index (κ3) is 4.89. The van der Waals surface area contributed by atoms with Crippen LogP contribution in [0.1, 0.15) is 22.6 Å². The largest absolute Gasteiger partial charge is 0.378 e. The molecular formula is C27H26FN3O. The quantitative estimate of drug-likeness (QED) is 0.392. The summed E-state index contributed by atoms with van der Waals surface area (Å²) < 4.78 is 13.4. The molecule has 5 heteroatoms. The van der Waals surface area contributed by atoms with Crippen LogP contribution in [0.3, 0.4) is 0 Å². The van der Waals surface area contributed by atoms with Crippen molar-refractivity contribution in [3.05, 3.63) is 108 Å². The summed E-state index contributed by atoms with van der Waals surface area (Å²) >= 11 is 0. The molecule has 1 atom stereocenters. The molecule has 0 bridgehead atoms. The van der Waals surface area contributed by atoms with Gasteiger partial charge in [-0.15, -0.1) is 0 Å². The van der Waals surface area contributed by atoms with E-state index in [-0.39, 0.29) is 17.6 Å². The second kappa shape index (κ2) is 9.52. The molecule has 4 aromatic rings. The number of anilines is 1. The fourth-order valence-electron chi connectivity index (χ4n) is 3.84. The number of nitrogens with one attached hydrogen (secondary N) is 2. The Labute approximate surface area is 187 Å². The lowest BCUT2D eigenvalue weighted by atomic mass is 9.90. The van der Waals surface area contributed by atoms with Crippen LogP contribution in [-0.4, -0.2) is 31.5 Å². The Kier molecular flexibility index (Phi) is 6.36. The van der Waals surface area contributed by atoms with E-state index in [4.69, 9.17) is 0 Å². The number of carbonyl (C=O) groups is 1. The summed E-state index contributed by atoms with van der Waals surface area (Å²) in [6, 6.07) is 22.7. The monoisotopic (exact) mass is 427 g/mol. The van der Waals surface area contributed by atoms with Gasteiger partial charge >= 0.3 is 0 Å². The van der Waals surface area contributed by atoms with Crippen LogP contribution < -0.4 is 10.2 Å². The van der Waals surface area contributed by atoms with E-state index in [2.05, 4.69) is 45.5 Å². The maximum Gasteiger partial charge on any atom is 0.244 e. The molecular weight excluding hydrogens is 401 g/mol. The molecule has 0 radical (unpaired) electrons. The van der Waals surface area contributed by atoms with Crippen LogP contribution >= 0.6 is 0 Å². The van der Waals surface area contributed by atoms with Gasteiger partial charge in [0.25, 0.3) is 0 Å². The number of aromatic amines is 1. The van der Waals surface area contributed by atoms with Gasteiger partial charge in [0.2, 0.25) is 5.91 Å². The summed E-state index contributed by atoms with van der Waals surface area (Å²) in [4.78, 5) is 17.9. The summed E-state index contributed by atoms with van der Waals surface area (Å²) in [6.07, 6.45) is 5.07. The highest BCUT2D eigenvalue weighted by Gasteiger charge is 2.19. The van der Waals surface area contributed by atoms with Gasteiger partial charge in [-0.05, 0) is 53.1 Å². The summed E-state index contributed by atoms with van der Waals surface area (Å²) in [5.74, 6) is -0.564. The molecule has 3 aromatic carbocycles. The second-order valence-electron chi connectivity index (χ2n) is 7.96. The maximum absolute atomic E-state index is 13.4. The SMILES string of the molecule is CN(C)c1ccc([C@H](CNC(=O)/C=C/c2cccc(F)c2)c2c[nH]c3ccccc23)cc1. The molecule has 4 nitrogen and oxygen atoms in total. The van der Waals surface area contributed by atoms with Gasteiger partial charge in [0.15, 0.2) is 0 Å². The van der Waals surface area contributed by atoms with Gasteiger partial charge in [-0.3, -0.25) is 4.79 Å². The molecule has 1 aromatic heterocycles. The molecule has 0 spiro atoms. The van der Waals surface area contributed by atoms with E-state index in [1.54, 1.807) is 18.2 Å². The van der Waals surface area contributed by atoms with E-state index in [1.165, 1.54) is 18.2 Å². The van der Waals surface area contributed by atoms with Crippen LogP contribution in [0, 0.1) is 5.82 Å². The predicted molar refractivity (Wildman–Crippen MR) is 129 cm³/mol. The standard InChI is InChI=1S/C27H26FN3O/c1-31(2)22-13-11-20(12-14-22)24(25-18-29-26-9-4-3-8-23(25)26)17-30-27(32)15-10-19-6-5-7-21(28)16-19/h3-16,18,24,29H,17H2,1-2H3,(H,30,32)/b15-10+/t24-/m0/s1. The summed E-state index contributed by atoms with van der Waals surface area (Å²) in [5.41, 5.74) is 5.08. The third-order valence-electron chi connectivity index (χ3n) is 5.56. The van der Waals surface area contributed by atoms with Gasteiger partial charge in [-0.25, -0.2) is 4.39 Å². The van der Waals surface area contributed by atoms with Crippen LogP contribution in [0.4, 0.5) is 10.1 Å².